The zero-order chi connectivity index (χ0) is 58.4. The van der Waals surface area contributed by atoms with Crippen LogP contribution in [0, 0.1) is 0 Å². The smallest absolute Gasteiger partial charge is 0.165 e. The van der Waals surface area contributed by atoms with Crippen molar-refractivity contribution >= 4 is 31.5 Å². The molecule has 290 valence electrons. The van der Waals surface area contributed by atoms with Gasteiger partial charge in [-0.3, -0.25) is 0 Å². The summed E-state index contributed by atoms with van der Waals surface area (Å²) in [5, 5.41) is 1.81. The first-order chi connectivity index (χ1) is 39.1. The van der Waals surface area contributed by atoms with E-state index < -0.39 is 182 Å². The summed E-state index contributed by atoms with van der Waals surface area (Å²) >= 11 is 1.47. The summed E-state index contributed by atoms with van der Waals surface area (Å²) in [4.78, 5) is 15.1. The molecule has 62 heavy (non-hydrogen) atoms. The maximum atomic E-state index is 10.6. The second kappa shape index (κ2) is 14.7. The van der Waals surface area contributed by atoms with Crippen molar-refractivity contribution in [3.05, 3.63) is 246 Å². The number of hydrogen-bond donors (Lipinski definition) is 0. The Hall–Kier alpha value is -7.79. The van der Waals surface area contributed by atoms with Crippen LogP contribution in [-0.4, -0.2) is 15.0 Å². The molecule has 1 aliphatic carbocycles. The van der Waals surface area contributed by atoms with E-state index in [4.69, 9.17) is 25.9 Å². The lowest BCUT2D eigenvalue weighted by atomic mass is 9.67. The Morgan fingerprint density at radius 2 is 0.935 bits per heavy atom. The fourth-order valence-electron chi connectivity index (χ4n) is 8.36. The van der Waals surface area contributed by atoms with E-state index in [-0.39, 0.29) is 11.6 Å². The standard InChI is InChI=1S/C58H37N3S/c1-4-19-38(20-5-1)42-25-10-12-29-48(42)55-59-56(61-57(60-55)50-32-18-31-47-46-28-15-17-34-53(46)62-54(47)50)49-30-13-11-26-43(49)39-35-36-45-44-27-14-16-33-51(44)58(52(45)37-39,40-21-6-2-7-22-40)41-23-8-3-9-24-41/h1-37H/i2D,3D,6D,7D,8D,9D,11D,13D,14D,16D,21D,22D,23D,24D,26D,27D,30D,35D,36D,37D. The van der Waals surface area contributed by atoms with E-state index in [1.807, 2.05) is 78.9 Å². The van der Waals surface area contributed by atoms with Gasteiger partial charge in [-0.1, -0.05) is 206 Å². The Labute approximate surface area is 392 Å². The fourth-order valence-corrected chi connectivity index (χ4v) is 9.57. The predicted octanol–water partition coefficient (Wildman–Crippen LogP) is 14.9. The summed E-state index contributed by atoms with van der Waals surface area (Å²) in [7, 11) is 0. The predicted molar refractivity (Wildman–Crippen MR) is 257 cm³/mol. The van der Waals surface area contributed by atoms with Crippen LogP contribution >= 0.6 is 11.3 Å². The summed E-state index contributed by atoms with van der Waals surface area (Å²) in [6, 6.07) is 12.5. The van der Waals surface area contributed by atoms with Gasteiger partial charge >= 0.3 is 0 Å². The quantitative estimate of drug-likeness (QED) is 0.161. The molecule has 2 heterocycles. The highest BCUT2D eigenvalue weighted by Gasteiger charge is 2.46. The van der Waals surface area contributed by atoms with E-state index in [2.05, 4.69) is 0 Å². The minimum absolute atomic E-state index is 0.0282. The van der Waals surface area contributed by atoms with Gasteiger partial charge in [0.2, 0.25) is 0 Å². The van der Waals surface area contributed by atoms with Crippen LogP contribution in [0.2, 0.25) is 0 Å². The lowest BCUT2D eigenvalue weighted by molar-refractivity contribution is 0.769. The van der Waals surface area contributed by atoms with E-state index in [9.17, 15) is 16.4 Å². The van der Waals surface area contributed by atoms with Crippen molar-refractivity contribution in [2.24, 2.45) is 0 Å². The van der Waals surface area contributed by atoms with E-state index >= 15 is 0 Å². The van der Waals surface area contributed by atoms with Crippen molar-refractivity contribution in [3.8, 4) is 67.5 Å². The maximum absolute atomic E-state index is 10.6. The molecule has 0 N–H and O–H groups in total. The van der Waals surface area contributed by atoms with Gasteiger partial charge in [0.05, 0.1) is 32.8 Å². The summed E-state index contributed by atoms with van der Waals surface area (Å²) in [5.74, 6) is -0.325. The molecule has 11 aromatic rings. The number of aromatic nitrogens is 3. The molecular weight excluding hydrogens is 771 g/mol. The molecule has 0 aliphatic heterocycles. The van der Waals surface area contributed by atoms with Gasteiger partial charge < -0.3 is 0 Å². The second-order valence-corrected chi connectivity index (χ2v) is 15.4. The average Bonchev–Trinajstić information content (AvgIpc) is 1.48. The molecule has 0 saturated heterocycles. The van der Waals surface area contributed by atoms with Crippen LogP contribution in [0.3, 0.4) is 0 Å². The first kappa shape index (κ1) is 21.1. The van der Waals surface area contributed by atoms with Gasteiger partial charge in [0.15, 0.2) is 17.5 Å². The van der Waals surface area contributed by atoms with E-state index in [0.29, 0.717) is 16.7 Å². The molecule has 0 saturated carbocycles. The summed E-state index contributed by atoms with van der Waals surface area (Å²) < 4.78 is 189. The number of rotatable bonds is 7. The number of hydrogen-bond acceptors (Lipinski definition) is 4. The van der Waals surface area contributed by atoms with Gasteiger partial charge in [0.1, 0.15) is 0 Å². The van der Waals surface area contributed by atoms with Crippen LogP contribution < -0.4 is 0 Å². The van der Waals surface area contributed by atoms with Crippen LogP contribution in [0.15, 0.2) is 224 Å². The minimum Gasteiger partial charge on any atom is -0.208 e. The molecule has 9 aromatic carbocycles. The third-order valence-electron chi connectivity index (χ3n) is 11.0. The van der Waals surface area contributed by atoms with Crippen molar-refractivity contribution < 1.29 is 27.4 Å². The molecule has 4 heteroatoms. The number of nitrogens with zero attached hydrogens (tertiary/aromatic N) is 3. The van der Waals surface area contributed by atoms with Crippen LogP contribution in [0.5, 0.6) is 0 Å². The van der Waals surface area contributed by atoms with Crippen molar-refractivity contribution in [2.75, 3.05) is 0 Å². The topological polar surface area (TPSA) is 38.7 Å². The summed E-state index contributed by atoms with van der Waals surface area (Å²) in [6.45, 7) is 0. The first-order valence-electron chi connectivity index (χ1n) is 29.4. The third-order valence-corrected chi connectivity index (χ3v) is 12.3. The normalized spacial score (nSPS) is 17.2. The van der Waals surface area contributed by atoms with Crippen LogP contribution in [0.4, 0.5) is 0 Å². The van der Waals surface area contributed by atoms with Crippen LogP contribution in [0.25, 0.3) is 87.7 Å². The molecule has 0 radical (unpaired) electrons. The Morgan fingerprint density at radius 1 is 0.371 bits per heavy atom. The molecule has 0 fully saturated rings. The van der Waals surface area contributed by atoms with Crippen molar-refractivity contribution in [1.82, 2.24) is 15.0 Å². The van der Waals surface area contributed by atoms with E-state index in [0.717, 1.165) is 31.8 Å². The van der Waals surface area contributed by atoms with Gasteiger partial charge in [-0.25, -0.2) is 15.0 Å². The molecule has 1 aliphatic rings. The highest BCUT2D eigenvalue weighted by molar-refractivity contribution is 7.26. The number of thiophene rings is 1. The number of benzene rings is 9. The Bertz CT molecular complexity index is 4530. The molecule has 0 amide bonds. The fraction of sp³-hybridized carbons (Fsp3) is 0.0172. The second-order valence-electron chi connectivity index (χ2n) is 14.3. The molecule has 2 aromatic heterocycles. The van der Waals surface area contributed by atoms with Crippen molar-refractivity contribution in [1.29, 1.82) is 0 Å². The largest absolute Gasteiger partial charge is 0.208 e. The highest BCUT2D eigenvalue weighted by Crippen LogP contribution is 2.57. The van der Waals surface area contributed by atoms with E-state index in [1.54, 1.807) is 18.2 Å². The molecule has 0 spiro atoms. The van der Waals surface area contributed by atoms with Gasteiger partial charge in [-0.05, 0) is 73.8 Å². The van der Waals surface area contributed by atoms with Crippen LogP contribution in [-0.2, 0) is 5.41 Å². The Morgan fingerprint density at radius 3 is 1.71 bits per heavy atom. The molecular formula is C58H37N3S. The van der Waals surface area contributed by atoms with Gasteiger partial charge in [0.25, 0.3) is 0 Å². The van der Waals surface area contributed by atoms with Gasteiger partial charge in [-0.2, -0.15) is 0 Å². The molecule has 0 bridgehead atoms. The van der Waals surface area contributed by atoms with Gasteiger partial charge in [0, 0.05) is 36.9 Å². The lowest BCUT2D eigenvalue weighted by Gasteiger charge is -2.34. The van der Waals surface area contributed by atoms with Crippen LogP contribution in [0.1, 0.15) is 49.7 Å². The Balaban J connectivity index is 1.28. The first-order valence-corrected chi connectivity index (χ1v) is 20.2. The summed E-state index contributed by atoms with van der Waals surface area (Å²) in [6.07, 6.45) is 0. The highest BCUT2D eigenvalue weighted by atomic mass is 32.1. The van der Waals surface area contributed by atoms with E-state index in [1.165, 1.54) is 11.3 Å². The number of fused-ring (bicyclic) bond motifs is 6. The third kappa shape index (κ3) is 5.68. The zero-order valence-electron chi connectivity index (χ0n) is 52.1. The monoisotopic (exact) mass is 827 g/mol. The molecule has 12 rings (SSSR count). The molecule has 0 unspecified atom stereocenters. The van der Waals surface area contributed by atoms with Crippen molar-refractivity contribution in [2.45, 2.75) is 5.41 Å². The SMILES string of the molecule is [2H]c1cc2c(c([2H])c1[2H])-c1c([2H])c([2H])c(-c3c([2H])c([2H])c([2H])c([2H])c3-c3nc(-c4ccccc4-c4ccccc4)nc(-c4cccc5c4sc4ccccc45)n3)c([2H])c1C2(c1c([2H])c([2H])c([2H])c([2H])c1[2H])c1c([2H])c([2H])c([2H])c([2H])c1[2H]. The lowest BCUT2D eigenvalue weighted by Crippen LogP contribution is -2.28. The minimum atomic E-state index is -2.98. The molecule has 3 nitrogen and oxygen atoms in total. The van der Waals surface area contributed by atoms with Crippen molar-refractivity contribution in [3.63, 3.8) is 0 Å². The molecule has 0 atom stereocenters. The summed E-state index contributed by atoms with van der Waals surface area (Å²) in [5.41, 5.74) is -6.47. The average molecular weight is 828 g/mol. The maximum Gasteiger partial charge on any atom is 0.165 e. The van der Waals surface area contributed by atoms with Gasteiger partial charge in [-0.15, -0.1) is 11.3 Å². The Kier molecular flexibility index (Phi) is 5.02. The zero-order valence-corrected chi connectivity index (χ0v) is 32.9.